The number of hydrogen-bond donors (Lipinski definition) is 1. The first-order valence-electron chi connectivity index (χ1n) is 5.79. The molecule has 1 amide bonds. The third kappa shape index (κ3) is 2.37. The zero-order valence-corrected chi connectivity index (χ0v) is 10.9. The normalized spacial score (nSPS) is 11.8. The van der Waals surface area contributed by atoms with Crippen molar-refractivity contribution in [3.8, 4) is 0 Å². The Kier molecular flexibility index (Phi) is 2.89. The molecule has 0 radical (unpaired) electrons. The molecule has 96 valence electrons. The van der Waals surface area contributed by atoms with Gasteiger partial charge in [-0.2, -0.15) is 0 Å². The molecule has 2 rings (SSSR count). The van der Waals surface area contributed by atoms with Crippen LogP contribution in [0.5, 0.6) is 0 Å². The van der Waals surface area contributed by atoms with Gasteiger partial charge in [0.15, 0.2) is 5.76 Å². The third-order valence-corrected chi connectivity index (χ3v) is 2.59. The van der Waals surface area contributed by atoms with E-state index in [-0.39, 0.29) is 23.0 Å². The summed E-state index contributed by atoms with van der Waals surface area (Å²) in [6, 6.07) is 4.23. The number of amides is 1. The minimum Gasteiger partial charge on any atom is -0.451 e. The molecule has 1 aromatic heterocycles. The molecule has 0 atom stereocenters. The molecule has 1 N–H and O–H groups in total. The van der Waals surface area contributed by atoms with Crippen LogP contribution in [0.1, 0.15) is 36.9 Å². The minimum atomic E-state index is -0.340. The number of carbonyl (C=O) groups is 1. The molecule has 0 spiro atoms. The van der Waals surface area contributed by atoms with E-state index < -0.39 is 0 Å². The minimum absolute atomic E-state index is 0.241. The second-order valence-electron chi connectivity index (χ2n) is 5.40. The molecular weight excluding hydrogens is 233 g/mol. The van der Waals surface area contributed by atoms with Crippen molar-refractivity contribution in [2.45, 2.75) is 33.2 Å². The van der Waals surface area contributed by atoms with Crippen molar-refractivity contribution in [3.05, 3.63) is 35.3 Å². The van der Waals surface area contributed by atoms with Crippen LogP contribution in [0.25, 0.3) is 11.0 Å². The van der Waals surface area contributed by atoms with Crippen molar-refractivity contribution in [2.24, 2.45) is 0 Å². The zero-order valence-electron chi connectivity index (χ0n) is 10.9. The van der Waals surface area contributed by atoms with Gasteiger partial charge in [-0.3, -0.25) is 4.79 Å². The Labute approximate surface area is 105 Å². The third-order valence-electron chi connectivity index (χ3n) is 2.59. The maximum Gasteiger partial charge on any atom is 0.287 e. The van der Waals surface area contributed by atoms with Gasteiger partial charge in [0.05, 0.1) is 0 Å². The lowest BCUT2D eigenvalue weighted by Gasteiger charge is -2.19. The summed E-state index contributed by atoms with van der Waals surface area (Å²) in [7, 11) is 0. The van der Waals surface area contributed by atoms with Gasteiger partial charge in [0.2, 0.25) is 0 Å². The van der Waals surface area contributed by atoms with Gasteiger partial charge >= 0.3 is 0 Å². The number of fused-ring (bicyclic) bond motifs is 1. The number of aryl methyl sites for hydroxylation is 1. The Hall–Kier alpha value is -1.84. The van der Waals surface area contributed by atoms with Gasteiger partial charge in [-0.1, -0.05) is 0 Å². The number of rotatable bonds is 1. The molecule has 1 aromatic carbocycles. The van der Waals surface area contributed by atoms with E-state index >= 15 is 0 Å². The van der Waals surface area contributed by atoms with Crippen LogP contribution in [0.2, 0.25) is 0 Å². The van der Waals surface area contributed by atoms with Crippen molar-refractivity contribution in [1.82, 2.24) is 5.32 Å². The molecule has 4 heteroatoms. The molecule has 0 aliphatic heterocycles. The van der Waals surface area contributed by atoms with Gasteiger partial charge in [0, 0.05) is 16.5 Å². The number of nitrogens with one attached hydrogen (secondary N) is 1. The fraction of sp³-hybridized carbons (Fsp3) is 0.357. The van der Waals surface area contributed by atoms with Crippen molar-refractivity contribution >= 4 is 16.9 Å². The predicted molar refractivity (Wildman–Crippen MR) is 68.1 cm³/mol. The fourth-order valence-electron chi connectivity index (χ4n) is 1.81. The maximum atomic E-state index is 13.2. The Morgan fingerprint density at radius 3 is 2.61 bits per heavy atom. The molecule has 3 nitrogen and oxygen atoms in total. The monoisotopic (exact) mass is 249 g/mol. The fourth-order valence-corrected chi connectivity index (χ4v) is 1.81. The van der Waals surface area contributed by atoms with Crippen molar-refractivity contribution in [1.29, 1.82) is 0 Å². The van der Waals surface area contributed by atoms with E-state index in [1.165, 1.54) is 18.2 Å². The van der Waals surface area contributed by atoms with E-state index in [1.807, 2.05) is 20.8 Å². The van der Waals surface area contributed by atoms with E-state index in [1.54, 1.807) is 6.92 Å². The molecular formula is C14H16FNO2. The zero-order chi connectivity index (χ0) is 13.5. The van der Waals surface area contributed by atoms with E-state index in [0.29, 0.717) is 16.5 Å². The SMILES string of the molecule is Cc1c(C(=O)NC(C)(C)C)oc2ccc(F)cc12. The van der Waals surface area contributed by atoms with Gasteiger partial charge in [-0.25, -0.2) is 4.39 Å². The lowest BCUT2D eigenvalue weighted by molar-refractivity contribution is 0.0892. The molecule has 0 aliphatic carbocycles. The largest absolute Gasteiger partial charge is 0.451 e. The van der Waals surface area contributed by atoms with Gasteiger partial charge in [-0.15, -0.1) is 0 Å². The quantitative estimate of drug-likeness (QED) is 0.841. The summed E-state index contributed by atoms with van der Waals surface area (Å²) < 4.78 is 18.6. The van der Waals surface area contributed by atoms with Crippen molar-refractivity contribution in [2.75, 3.05) is 0 Å². The van der Waals surface area contributed by atoms with Gasteiger partial charge in [-0.05, 0) is 45.9 Å². The highest BCUT2D eigenvalue weighted by atomic mass is 19.1. The topological polar surface area (TPSA) is 42.2 Å². The lowest BCUT2D eigenvalue weighted by Crippen LogP contribution is -2.40. The highest BCUT2D eigenvalue weighted by Gasteiger charge is 2.21. The number of benzene rings is 1. The van der Waals surface area contributed by atoms with Crippen molar-refractivity contribution < 1.29 is 13.6 Å². The smallest absolute Gasteiger partial charge is 0.287 e. The standard InChI is InChI=1S/C14H16FNO2/c1-8-10-7-9(15)5-6-11(10)18-12(8)13(17)16-14(2,3)4/h5-7H,1-4H3,(H,16,17). The number of hydrogen-bond acceptors (Lipinski definition) is 2. The van der Waals surface area contributed by atoms with Gasteiger partial charge in [0.25, 0.3) is 5.91 Å². The van der Waals surface area contributed by atoms with Crippen LogP contribution >= 0.6 is 0 Å². The molecule has 0 aliphatic rings. The first kappa shape index (κ1) is 12.6. The first-order chi connectivity index (χ1) is 8.28. The van der Waals surface area contributed by atoms with Crippen LogP contribution in [0.15, 0.2) is 22.6 Å². The summed E-state index contributed by atoms with van der Waals surface area (Å²) in [5, 5.41) is 3.46. The summed E-state index contributed by atoms with van der Waals surface area (Å²) in [4.78, 5) is 12.0. The Morgan fingerprint density at radius 2 is 2.00 bits per heavy atom. The van der Waals surface area contributed by atoms with Gasteiger partial charge < -0.3 is 9.73 Å². The van der Waals surface area contributed by atoms with Crippen LogP contribution in [0.4, 0.5) is 4.39 Å². The average Bonchev–Trinajstić information content (AvgIpc) is 2.54. The highest BCUT2D eigenvalue weighted by molar-refractivity contribution is 5.99. The highest BCUT2D eigenvalue weighted by Crippen LogP contribution is 2.26. The number of carbonyl (C=O) groups excluding carboxylic acids is 1. The Balaban J connectivity index is 2.46. The first-order valence-corrected chi connectivity index (χ1v) is 5.79. The van der Waals surface area contributed by atoms with Crippen LogP contribution in [0.3, 0.4) is 0 Å². The molecule has 0 unspecified atom stereocenters. The van der Waals surface area contributed by atoms with Crippen molar-refractivity contribution in [3.63, 3.8) is 0 Å². The summed E-state index contributed by atoms with van der Waals surface area (Å²) in [5.41, 5.74) is 0.840. The van der Waals surface area contributed by atoms with Crippen LogP contribution in [-0.4, -0.2) is 11.4 Å². The second-order valence-corrected chi connectivity index (χ2v) is 5.40. The van der Waals surface area contributed by atoms with Crippen LogP contribution in [0, 0.1) is 12.7 Å². The number of halogens is 1. The summed E-state index contributed by atoms with van der Waals surface area (Å²) in [5.74, 6) is -0.378. The van der Waals surface area contributed by atoms with E-state index in [2.05, 4.69) is 5.32 Å². The molecule has 0 saturated heterocycles. The van der Waals surface area contributed by atoms with Gasteiger partial charge in [0.1, 0.15) is 11.4 Å². The van der Waals surface area contributed by atoms with Crippen LogP contribution < -0.4 is 5.32 Å². The van der Waals surface area contributed by atoms with E-state index in [0.717, 1.165) is 0 Å². The maximum absolute atomic E-state index is 13.2. The molecule has 0 bridgehead atoms. The number of furan rings is 1. The molecule has 18 heavy (non-hydrogen) atoms. The second kappa shape index (κ2) is 4.12. The summed E-state index contributed by atoms with van der Waals surface area (Å²) in [6.07, 6.45) is 0. The van der Waals surface area contributed by atoms with E-state index in [4.69, 9.17) is 4.42 Å². The molecule has 1 heterocycles. The van der Waals surface area contributed by atoms with Crippen LogP contribution in [-0.2, 0) is 0 Å². The van der Waals surface area contributed by atoms with E-state index in [9.17, 15) is 9.18 Å². The summed E-state index contributed by atoms with van der Waals surface area (Å²) >= 11 is 0. The molecule has 2 aromatic rings. The lowest BCUT2D eigenvalue weighted by atomic mass is 10.1. The molecule has 0 fully saturated rings. The Bertz CT molecular complexity index is 608. The average molecular weight is 249 g/mol. The predicted octanol–water partition coefficient (Wildman–Crippen LogP) is 3.41. The molecule has 0 saturated carbocycles. The Morgan fingerprint density at radius 1 is 1.33 bits per heavy atom. The summed E-state index contributed by atoms with van der Waals surface area (Å²) in [6.45, 7) is 7.43.